The van der Waals surface area contributed by atoms with Crippen molar-refractivity contribution in [1.82, 2.24) is 5.32 Å². The molecule has 1 amide bonds. The molecule has 2 aromatic rings. The second-order valence-electron chi connectivity index (χ2n) is 5.57. The monoisotopic (exact) mass is 281 g/mol. The van der Waals surface area contributed by atoms with Gasteiger partial charge in [-0.2, -0.15) is 0 Å². The average molecular weight is 281 g/mol. The molecule has 0 aromatic heterocycles. The maximum Gasteiger partial charge on any atom is 0.233 e. The van der Waals surface area contributed by atoms with Crippen molar-refractivity contribution in [2.45, 2.75) is 24.8 Å². The van der Waals surface area contributed by atoms with Gasteiger partial charge in [0.05, 0.1) is 12.0 Å². The number of aryl methyl sites for hydroxylation is 1. The second-order valence-corrected chi connectivity index (χ2v) is 5.57. The summed E-state index contributed by atoms with van der Waals surface area (Å²) in [5, 5.41) is 12.8. The molecule has 0 saturated heterocycles. The van der Waals surface area contributed by atoms with E-state index in [4.69, 9.17) is 0 Å². The van der Waals surface area contributed by atoms with Gasteiger partial charge in [0.2, 0.25) is 5.91 Å². The summed E-state index contributed by atoms with van der Waals surface area (Å²) in [4.78, 5) is 12.7. The SMILES string of the molecule is O=C(NCc1ccccc1)C1(CO)CCc2ccccc21. The number of aliphatic hydroxyl groups excluding tert-OH is 1. The predicted molar refractivity (Wildman–Crippen MR) is 81.8 cm³/mol. The highest BCUT2D eigenvalue weighted by Gasteiger charge is 2.44. The fraction of sp³-hybridized carbons (Fsp3) is 0.278. The van der Waals surface area contributed by atoms with Gasteiger partial charge in [0.1, 0.15) is 0 Å². The van der Waals surface area contributed by atoms with Gasteiger partial charge in [-0.1, -0.05) is 54.6 Å². The van der Waals surface area contributed by atoms with Crippen molar-refractivity contribution in [2.75, 3.05) is 6.61 Å². The van der Waals surface area contributed by atoms with E-state index in [0.717, 1.165) is 17.5 Å². The molecule has 3 heteroatoms. The van der Waals surface area contributed by atoms with Crippen molar-refractivity contribution < 1.29 is 9.90 Å². The summed E-state index contributed by atoms with van der Waals surface area (Å²) >= 11 is 0. The van der Waals surface area contributed by atoms with Crippen LogP contribution in [0.25, 0.3) is 0 Å². The average Bonchev–Trinajstić information content (AvgIpc) is 2.94. The number of carbonyl (C=O) groups is 1. The molecular formula is C18H19NO2. The number of benzene rings is 2. The minimum atomic E-state index is -0.786. The van der Waals surface area contributed by atoms with Crippen LogP contribution in [0.15, 0.2) is 54.6 Å². The van der Waals surface area contributed by atoms with Crippen molar-refractivity contribution in [2.24, 2.45) is 0 Å². The van der Waals surface area contributed by atoms with Gasteiger partial charge in [0.25, 0.3) is 0 Å². The largest absolute Gasteiger partial charge is 0.395 e. The van der Waals surface area contributed by atoms with Crippen LogP contribution < -0.4 is 5.32 Å². The van der Waals surface area contributed by atoms with E-state index >= 15 is 0 Å². The number of nitrogens with one attached hydrogen (secondary N) is 1. The normalized spacial score (nSPS) is 20.0. The van der Waals surface area contributed by atoms with Crippen LogP contribution in [0, 0.1) is 0 Å². The molecule has 0 heterocycles. The predicted octanol–water partition coefficient (Wildman–Crippen LogP) is 2.18. The van der Waals surface area contributed by atoms with Gasteiger partial charge in [-0.3, -0.25) is 4.79 Å². The molecule has 0 bridgehead atoms. The molecule has 3 nitrogen and oxygen atoms in total. The summed E-state index contributed by atoms with van der Waals surface area (Å²) < 4.78 is 0. The Labute approximate surface area is 124 Å². The lowest BCUT2D eigenvalue weighted by atomic mass is 9.81. The number of hydrogen-bond acceptors (Lipinski definition) is 2. The summed E-state index contributed by atoms with van der Waals surface area (Å²) in [5.41, 5.74) is 2.41. The first-order valence-corrected chi connectivity index (χ1v) is 7.28. The minimum Gasteiger partial charge on any atom is -0.395 e. The standard InChI is InChI=1S/C18H19NO2/c20-13-18(11-10-15-8-4-5-9-16(15)18)17(21)19-12-14-6-2-1-3-7-14/h1-9,20H,10-13H2,(H,19,21). The lowest BCUT2D eigenvalue weighted by Crippen LogP contribution is -2.45. The van der Waals surface area contributed by atoms with Crippen molar-refractivity contribution in [1.29, 1.82) is 0 Å². The van der Waals surface area contributed by atoms with E-state index in [2.05, 4.69) is 5.32 Å². The number of carbonyl (C=O) groups excluding carboxylic acids is 1. The highest BCUT2D eigenvalue weighted by Crippen LogP contribution is 2.38. The third-order valence-corrected chi connectivity index (χ3v) is 4.35. The Morgan fingerprint density at radius 3 is 2.57 bits per heavy atom. The first kappa shape index (κ1) is 13.8. The van der Waals surface area contributed by atoms with Crippen molar-refractivity contribution in [3.8, 4) is 0 Å². The van der Waals surface area contributed by atoms with Crippen molar-refractivity contribution in [3.63, 3.8) is 0 Å². The molecule has 2 aromatic carbocycles. The summed E-state index contributed by atoms with van der Waals surface area (Å²) in [6.07, 6.45) is 1.51. The smallest absolute Gasteiger partial charge is 0.233 e. The number of hydrogen-bond donors (Lipinski definition) is 2. The van der Waals surface area contributed by atoms with E-state index < -0.39 is 5.41 Å². The molecule has 0 saturated carbocycles. The topological polar surface area (TPSA) is 49.3 Å². The summed E-state index contributed by atoms with van der Waals surface area (Å²) in [7, 11) is 0. The third kappa shape index (κ3) is 2.45. The Balaban J connectivity index is 1.79. The molecule has 0 fully saturated rings. The first-order chi connectivity index (χ1) is 10.3. The molecule has 0 radical (unpaired) electrons. The first-order valence-electron chi connectivity index (χ1n) is 7.28. The van der Waals surface area contributed by atoms with Crippen LogP contribution >= 0.6 is 0 Å². The second kappa shape index (κ2) is 5.70. The minimum absolute atomic E-state index is 0.0844. The van der Waals surface area contributed by atoms with Gasteiger partial charge in [-0.15, -0.1) is 0 Å². The van der Waals surface area contributed by atoms with Gasteiger partial charge >= 0.3 is 0 Å². The Morgan fingerprint density at radius 1 is 1.10 bits per heavy atom. The molecule has 0 spiro atoms. The van der Waals surface area contributed by atoms with Crippen molar-refractivity contribution in [3.05, 3.63) is 71.3 Å². The van der Waals surface area contributed by atoms with Crippen LogP contribution in [0.4, 0.5) is 0 Å². The summed E-state index contributed by atoms with van der Waals surface area (Å²) in [5.74, 6) is -0.0844. The molecule has 1 atom stereocenters. The highest BCUT2D eigenvalue weighted by molar-refractivity contribution is 5.89. The molecule has 0 aliphatic heterocycles. The molecule has 2 N–H and O–H groups in total. The van der Waals surface area contributed by atoms with Crippen LogP contribution in [0.2, 0.25) is 0 Å². The zero-order valence-corrected chi connectivity index (χ0v) is 11.9. The van der Waals surface area contributed by atoms with E-state index in [0.29, 0.717) is 13.0 Å². The van der Waals surface area contributed by atoms with Crippen LogP contribution in [-0.2, 0) is 23.2 Å². The molecule has 1 unspecified atom stereocenters. The molecule has 1 aliphatic rings. The highest BCUT2D eigenvalue weighted by atomic mass is 16.3. The number of rotatable bonds is 4. The van der Waals surface area contributed by atoms with Crippen molar-refractivity contribution >= 4 is 5.91 Å². The molecular weight excluding hydrogens is 262 g/mol. The van der Waals surface area contributed by atoms with Crippen LogP contribution in [0.1, 0.15) is 23.1 Å². The van der Waals surface area contributed by atoms with Gasteiger partial charge < -0.3 is 10.4 Å². The third-order valence-electron chi connectivity index (χ3n) is 4.35. The maximum absolute atomic E-state index is 12.7. The Hall–Kier alpha value is -2.13. The Kier molecular flexibility index (Phi) is 3.76. The number of fused-ring (bicyclic) bond motifs is 1. The molecule has 108 valence electrons. The Morgan fingerprint density at radius 2 is 1.81 bits per heavy atom. The zero-order valence-electron chi connectivity index (χ0n) is 11.9. The van der Waals surface area contributed by atoms with Gasteiger partial charge in [-0.25, -0.2) is 0 Å². The quantitative estimate of drug-likeness (QED) is 0.902. The molecule has 3 rings (SSSR count). The van der Waals surface area contributed by atoms with Crippen LogP contribution in [0.3, 0.4) is 0 Å². The Bertz CT molecular complexity index is 639. The van der Waals surface area contributed by atoms with E-state index in [9.17, 15) is 9.90 Å². The number of amides is 1. The van der Waals surface area contributed by atoms with Gasteiger partial charge in [0, 0.05) is 6.54 Å². The zero-order chi connectivity index (χ0) is 14.7. The van der Waals surface area contributed by atoms with Crippen LogP contribution in [-0.4, -0.2) is 17.6 Å². The van der Waals surface area contributed by atoms with Gasteiger partial charge in [0.15, 0.2) is 0 Å². The number of aliphatic hydroxyl groups is 1. The lowest BCUT2D eigenvalue weighted by Gasteiger charge is -2.27. The summed E-state index contributed by atoms with van der Waals surface area (Å²) in [6.45, 7) is 0.341. The fourth-order valence-corrected chi connectivity index (χ4v) is 3.11. The van der Waals surface area contributed by atoms with E-state index in [1.54, 1.807) is 0 Å². The lowest BCUT2D eigenvalue weighted by molar-refractivity contribution is -0.128. The van der Waals surface area contributed by atoms with E-state index in [1.807, 2.05) is 54.6 Å². The maximum atomic E-state index is 12.7. The molecule has 1 aliphatic carbocycles. The fourth-order valence-electron chi connectivity index (χ4n) is 3.11. The van der Waals surface area contributed by atoms with Gasteiger partial charge in [-0.05, 0) is 29.5 Å². The summed E-state index contributed by atoms with van der Waals surface area (Å²) in [6, 6.07) is 17.7. The van der Waals surface area contributed by atoms with E-state index in [-0.39, 0.29) is 12.5 Å². The molecule has 21 heavy (non-hydrogen) atoms. The van der Waals surface area contributed by atoms with Crippen LogP contribution in [0.5, 0.6) is 0 Å². The van der Waals surface area contributed by atoms with E-state index in [1.165, 1.54) is 5.56 Å².